The van der Waals surface area contributed by atoms with E-state index in [1.54, 1.807) is 6.07 Å². The van der Waals surface area contributed by atoms with E-state index >= 15 is 0 Å². The van der Waals surface area contributed by atoms with Gasteiger partial charge in [0.05, 0.1) is 0 Å². The average molecular weight is 407 g/mol. The number of thioether (sulfide) groups is 1. The SMILES string of the molecule is Cc1cccc(OCC(=O)NNC(=O)C(Sc2ccccc2)c2ccccc2)c1. The zero-order valence-electron chi connectivity index (χ0n) is 16.0. The highest BCUT2D eigenvalue weighted by molar-refractivity contribution is 8.00. The Labute approximate surface area is 174 Å². The summed E-state index contributed by atoms with van der Waals surface area (Å²) in [6, 6.07) is 26.5. The first-order valence-corrected chi connectivity index (χ1v) is 10.0. The highest BCUT2D eigenvalue weighted by atomic mass is 32.2. The van der Waals surface area contributed by atoms with Crippen LogP contribution < -0.4 is 15.6 Å². The van der Waals surface area contributed by atoms with Gasteiger partial charge in [-0.05, 0) is 42.3 Å². The lowest BCUT2D eigenvalue weighted by atomic mass is 10.1. The molecule has 0 spiro atoms. The van der Waals surface area contributed by atoms with E-state index in [-0.39, 0.29) is 12.5 Å². The molecular formula is C23H22N2O3S. The summed E-state index contributed by atoms with van der Waals surface area (Å²) >= 11 is 1.42. The van der Waals surface area contributed by atoms with Gasteiger partial charge in [0.2, 0.25) is 0 Å². The Morgan fingerprint density at radius 2 is 1.59 bits per heavy atom. The summed E-state index contributed by atoms with van der Waals surface area (Å²) in [4.78, 5) is 25.8. The highest BCUT2D eigenvalue weighted by Gasteiger charge is 2.22. The van der Waals surface area contributed by atoms with Crippen molar-refractivity contribution in [1.29, 1.82) is 0 Å². The molecule has 148 valence electrons. The lowest BCUT2D eigenvalue weighted by molar-refractivity contribution is -0.129. The van der Waals surface area contributed by atoms with E-state index in [1.807, 2.05) is 85.8 Å². The van der Waals surface area contributed by atoms with Crippen LogP contribution in [-0.2, 0) is 9.59 Å². The Morgan fingerprint density at radius 1 is 0.897 bits per heavy atom. The van der Waals surface area contributed by atoms with Crippen molar-refractivity contribution in [2.75, 3.05) is 6.61 Å². The topological polar surface area (TPSA) is 67.4 Å². The molecule has 0 saturated carbocycles. The summed E-state index contributed by atoms with van der Waals surface area (Å²) in [6.45, 7) is 1.76. The van der Waals surface area contributed by atoms with Crippen LogP contribution >= 0.6 is 11.8 Å². The van der Waals surface area contributed by atoms with Crippen molar-refractivity contribution in [3.63, 3.8) is 0 Å². The first-order chi connectivity index (χ1) is 14.1. The van der Waals surface area contributed by atoms with Crippen LogP contribution in [0, 0.1) is 6.92 Å². The molecule has 1 atom stereocenters. The molecule has 6 heteroatoms. The van der Waals surface area contributed by atoms with E-state index in [0.717, 1.165) is 16.0 Å². The van der Waals surface area contributed by atoms with Crippen molar-refractivity contribution in [3.05, 3.63) is 96.1 Å². The molecule has 5 nitrogen and oxygen atoms in total. The van der Waals surface area contributed by atoms with Gasteiger partial charge in [-0.15, -0.1) is 11.8 Å². The minimum atomic E-state index is -0.503. The Morgan fingerprint density at radius 3 is 2.28 bits per heavy atom. The molecule has 3 rings (SSSR count). The van der Waals surface area contributed by atoms with E-state index in [9.17, 15) is 9.59 Å². The molecule has 3 aromatic rings. The van der Waals surface area contributed by atoms with Crippen molar-refractivity contribution in [2.45, 2.75) is 17.1 Å². The number of rotatable bonds is 7. The molecule has 3 aromatic carbocycles. The molecule has 1 unspecified atom stereocenters. The third kappa shape index (κ3) is 6.40. The molecule has 2 N–H and O–H groups in total. The van der Waals surface area contributed by atoms with Gasteiger partial charge in [-0.2, -0.15) is 0 Å². The molecule has 0 aliphatic heterocycles. The monoisotopic (exact) mass is 406 g/mol. The van der Waals surface area contributed by atoms with Crippen LogP contribution in [-0.4, -0.2) is 18.4 Å². The number of carbonyl (C=O) groups excluding carboxylic acids is 2. The maximum absolute atomic E-state index is 12.8. The summed E-state index contributed by atoms with van der Waals surface area (Å²) in [5.74, 6) is -0.140. The van der Waals surface area contributed by atoms with Crippen LogP contribution in [0.25, 0.3) is 0 Å². The predicted molar refractivity (Wildman–Crippen MR) is 114 cm³/mol. The summed E-state index contributed by atoms with van der Waals surface area (Å²) in [5, 5.41) is -0.503. The summed E-state index contributed by atoms with van der Waals surface area (Å²) in [7, 11) is 0. The number of carbonyl (C=O) groups is 2. The third-order valence-electron chi connectivity index (χ3n) is 4.02. The van der Waals surface area contributed by atoms with Crippen LogP contribution in [0.15, 0.2) is 89.8 Å². The molecular weight excluding hydrogens is 384 g/mol. The molecule has 0 heterocycles. The van der Waals surface area contributed by atoms with Crippen molar-refractivity contribution >= 4 is 23.6 Å². The normalized spacial score (nSPS) is 11.3. The Bertz CT molecular complexity index is 949. The molecule has 0 aromatic heterocycles. The summed E-state index contributed by atoms with van der Waals surface area (Å²) in [6.07, 6.45) is 0. The average Bonchev–Trinajstić information content (AvgIpc) is 2.76. The second-order valence-electron chi connectivity index (χ2n) is 6.36. The van der Waals surface area contributed by atoms with E-state index in [4.69, 9.17) is 4.74 Å². The largest absolute Gasteiger partial charge is 0.484 e. The molecule has 0 aliphatic carbocycles. The Kier molecular flexibility index (Phi) is 7.30. The summed E-state index contributed by atoms with van der Waals surface area (Å²) in [5.41, 5.74) is 6.83. The smallest absolute Gasteiger partial charge is 0.276 e. The Hall–Kier alpha value is -3.25. The first kappa shape index (κ1) is 20.5. The molecule has 2 amide bonds. The number of nitrogens with one attached hydrogen (secondary N) is 2. The van der Waals surface area contributed by atoms with Crippen molar-refractivity contribution in [2.24, 2.45) is 0 Å². The van der Waals surface area contributed by atoms with Gasteiger partial charge in [0.15, 0.2) is 6.61 Å². The van der Waals surface area contributed by atoms with Crippen LogP contribution in [0.5, 0.6) is 5.75 Å². The minimum Gasteiger partial charge on any atom is -0.484 e. The number of hydrogen-bond acceptors (Lipinski definition) is 4. The van der Waals surface area contributed by atoms with Crippen LogP contribution in [0.3, 0.4) is 0 Å². The number of amides is 2. The van der Waals surface area contributed by atoms with Crippen LogP contribution in [0.4, 0.5) is 0 Å². The van der Waals surface area contributed by atoms with Gasteiger partial charge in [0, 0.05) is 4.90 Å². The number of ether oxygens (including phenoxy) is 1. The van der Waals surface area contributed by atoms with E-state index in [2.05, 4.69) is 10.9 Å². The number of aryl methyl sites for hydroxylation is 1. The predicted octanol–water partition coefficient (Wildman–Crippen LogP) is 4.05. The van der Waals surface area contributed by atoms with Crippen LogP contribution in [0.1, 0.15) is 16.4 Å². The molecule has 0 saturated heterocycles. The molecule has 0 radical (unpaired) electrons. The van der Waals surface area contributed by atoms with E-state index in [0.29, 0.717) is 5.75 Å². The minimum absolute atomic E-state index is 0.189. The quantitative estimate of drug-likeness (QED) is 0.459. The number of hydrogen-bond donors (Lipinski definition) is 2. The lowest BCUT2D eigenvalue weighted by Crippen LogP contribution is -2.45. The first-order valence-electron chi connectivity index (χ1n) is 9.16. The van der Waals surface area contributed by atoms with Gasteiger partial charge in [0.1, 0.15) is 11.0 Å². The third-order valence-corrected chi connectivity index (χ3v) is 5.29. The Balaban J connectivity index is 1.58. The second kappa shape index (κ2) is 10.3. The number of hydrazine groups is 1. The van der Waals surface area contributed by atoms with Gasteiger partial charge in [0.25, 0.3) is 11.8 Å². The van der Waals surface area contributed by atoms with Crippen molar-refractivity contribution in [3.8, 4) is 5.75 Å². The molecule has 29 heavy (non-hydrogen) atoms. The fraction of sp³-hybridized carbons (Fsp3) is 0.130. The molecule has 0 bridgehead atoms. The van der Waals surface area contributed by atoms with Gasteiger partial charge in [-0.3, -0.25) is 20.4 Å². The van der Waals surface area contributed by atoms with E-state index in [1.165, 1.54) is 11.8 Å². The van der Waals surface area contributed by atoms with Crippen molar-refractivity contribution < 1.29 is 14.3 Å². The van der Waals surface area contributed by atoms with E-state index < -0.39 is 11.2 Å². The van der Waals surface area contributed by atoms with Gasteiger partial charge < -0.3 is 4.74 Å². The zero-order chi connectivity index (χ0) is 20.5. The maximum atomic E-state index is 12.8. The second-order valence-corrected chi connectivity index (χ2v) is 7.54. The zero-order valence-corrected chi connectivity index (χ0v) is 16.8. The molecule has 0 fully saturated rings. The lowest BCUT2D eigenvalue weighted by Gasteiger charge is -2.17. The maximum Gasteiger partial charge on any atom is 0.276 e. The molecule has 0 aliphatic rings. The fourth-order valence-electron chi connectivity index (χ4n) is 2.62. The standard InChI is InChI=1S/C23H22N2O3S/c1-17-9-8-12-19(15-17)28-16-21(26)24-25-23(27)22(18-10-4-2-5-11-18)29-20-13-6-3-7-14-20/h2-15,22H,16H2,1H3,(H,24,26)(H,25,27). The summed E-state index contributed by atoms with van der Waals surface area (Å²) < 4.78 is 5.45. The fourth-order valence-corrected chi connectivity index (χ4v) is 3.67. The van der Waals surface area contributed by atoms with Gasteiger partial charge in [-0.1, -0.05) is 60.7 Å². The number of benzene rings is 3. The highest BCUT2D eigenvalue weighted by Crippen LogP contribution is 2.35. The van der Waals surface area contributed by atoms with Crippen LogP contribution in [0.2, 0.25) is 0 Å². The van der Waals surface area contributed by atoms with Crippen molar-refractivity contribution in [1.82, 2.24) is 10.9 Å². The van der Waals surface area contributed by atoms with Gasteiger partial charge >= 0.3 is 0 Å². The van der Waals surface area contributed by atoms with Gasteiger partial charge in [-0.25, -0.2) is 0 Å².